The molecule has 4 nitrogen and oxygen atoms in total. The zero-order valence-corrected chi connectivity index (χ0v) is 22.7. The van der Waals surface area contributed by atoms with Gasteiger partial charge < -0.3 is 10.2 Å². The van der Waals surface area contributed by atoms with E-state index in [0.717, 1.165) is 28.7 Å². The molecule has 0 saturated heterocycles. The summed E-state index contributed by atoms with van der Waals surface area (Å²) in [6.45, 7) is 6.50. The second kappa shape index (κ2) is 13.0. The van der Waals surface area contributed by atoms with Gasteiger partial charge in [-0.05, 0) is 54.2 Å². The lowest BCUT2D eigenvalue weighted by Gasteiger charge is -2.32. The highest BCUT2D eigenvalue weighted by Crippen LogP contribution is 2.22. The van der Waals surface area contributed by atoms with Gasteiger partial charge in [0, 0.05) is 25.4 Å². The summed E-state index contributed by atoms with van der Waals surface area (Å²) in [6, 6.07) is 32.1. The molecule has 196 valence electrons. The van der Waals surface area contributed by atoms with Crippen LogP contribution in [0.15, 0.2) is 97.1 Å². The van der Waals surface area contributed by atoms with Gasteiger partial charge in [0.1, 0.15) is 6.04 Å². The average molecular weight is 507 g/mol. The van der Waals surface area contributed by atoms with Crippen molar-refractivity contribution in [2.45, 2.75) is 65.1 Å². The van der Waals surface area contributed by atoms with E-state index in [1.807, 2.05) is 67.6 Å². The minimum absolute atomic E-state index is 0.0151. The molecule has 0 radical (unpaired) electrons. The van der Waals surface area contributed by atoms with E-state index >= 15 is 0 Å². The second-order valence-electron chi connectivity index (χ2n) is 10.2. The van der Waals surface area contributed by atoms with Gasteiger partial charge in [-0.3, -0.25) is 9.59 Å². The molecule has 0 aliphatic rings. The molecule has 1 N–H and O–H groups in total. The molecule has 0 aromatic heterocycles. The monoisotopic (exact) mass is 506 g/mol. The molecule has 4 heteroatoms. The smallest absolute Gasteiger partial charge is 0.243 e. The van der Waals surface area contributed by atoms with Crippen LogP contribution in [0, 0.1) is 6.92 Å². The minimum Gasteiger partial charge on any atom is -0.352 e. The predicted molar refractivity (Wildman–Crippen MR) is 156 cm³/mol. The van der Waals surface area contributed by atoms with E-state index in [0.29, 0.717) is 25.8 Å². The van der Waals surface area contributed by atoms with Gasteiger partial charge in [0.05, 0.1) is 0 Å². The van der Waals surface area contributed by atoms with E-state index in [1.165, 1.54) is 10.8 Å². The van der Waals surface area contributed by atoms with Crippen LogP contribution in [-0.4, -0.2) is 28.8 Å². The van der Waals surface area contributed by atoms with Crippen LogP contribution in [0.25, 0.3) is 10.8 Å². The first-order valence-corrected chi connectivity index (χ1v) is 13.6. The largest absolute Gasteiger partial charge is 0.352 e. The third-order valence-electron chi connectivity index (χ3n) is 7.23. The van der Waals surface area contributed by atoms with E-state index in [9.17, 15) is 9.59 Å². The predicted octanol–water partition coefficient (Wildman–Crippen LogP) is 6.64. The SMILES string of the molecule is CC[C@H](C)NC(=O)[C@@H](Cc1ccccc1)N(Cc1ccc(C)cc1)C(=O)CCc1cccc2ccccc12. The van der Waals surface area contributed by atoms with Crippen molar-refractivity contribution in [3.63, 3.8) is 0 Å². The standard InChI is InChI=1S/C34H38N2O2/c1-4-26(3)35-34(38)32(23-27-11-6-5-7-12-27)36(24-28-19-17-25(2)18-20-28)33(37)22-21-30-15-10-14-29-13-8-9-16-31(29)30/h5-20,26,32H,4,21-24H2,1-3H3,(H,35,38)/t26-,32+/m0/s1. The molecule has 0 unspecified atom stereocenters. The minimum atomic E-state index is -0.604. The van der Waals surface area contributed by atoms with Crippen LogP contribution in [0.4, 0.5) is 0 Å². The number of nitrogens with one attached hydrogen (secondary N) is 1. The van der Waals surface area contributed by atoms with Crippen LogP contribution in [0.5, 0.6) is 0 Å². The number of nitrogens with zero attached hydrogens (tertiary/aromatic N) is 1. The van der Waals surface area contributed by atoms with Gasteiger partial charge in [-0.25, -0.2) is 0 Å². The molecule has 2 atom stereocenters. The molecule has 4 aromatic carbocycles. The molecule has 0 fully saturated rings. The third kappa shape index (κ3) is 7.10. The number of hydrogen-bond donors (Lipinski definition) is 1. The third-order valence-corrected chi connectivity index (χ3v) is 7.23. The van der Waals surface area contributed by atoms with E-state index in [2.05, 4.69) is 55.6 Å². The highest BCUT2D eigenvalue weighted by Gasteiger charge is 2.30. The van der Waals surface area contributed by atoms with Crippen LogP contribution in [-0.2, 0) is 29.0 Å². The quantitative estimate of drug-likeness (QED) is 0.248. The molecule has 38 heavy (non-hydrogen) atoms. The molecule has 0 saturated carbocycles. The van der Waals surface area contributed by atoms with Gasteiger partial charge >= 0.3 is 0 Å². The Morgan fingerprint density at radius 3 is 2.24 bits per heavy atom. The first-order chi connectivity index (χ1) is 18.4. The summed E-state index contributed by atoms with van der Waals surface area (Å²) in [5.41, 5.74) is 4.37. The summed E-state index contributed by atoms with van der Waals surface area (Å²) in [5.74, 6) is -0.118. The molecule has 0 aliphatic carbocycles. The highest BCUT2D eigenvalue weighted by molar-refractivity contribution is 5.89. The Labute approximate surface area is 226 Å². The molecule has 2 amide bonds. The van der Waals surface area contributed by atoms with E-state index in [4.69, 9.17) is 0 Å². The lowest BCUT2D eigenvalue weighted by molar-refractivity contribution is -0.141. The second-order valence-corrected chi connectivity index (χ2v) is 10.2. The molecule has 0 spiro atoms. The number of hydrogen-bond acceptors (Lipinski definition) is 2. The zero-order valence-electron chi connectivity index (χ0n) is 22.7. The van der Waals surface area contributed by atoms with Gasteiger partial charge in [-0.15, -0.1) is 0 Å². The summed E-state index contributed by atoms with van der Waals surface area (Å²) in [6.07, 6.45) is 2.25. The molecule has 0 heterocycles. The Morgan fingerprint density at radius 1 is 0.816 bits per heavy atom. The molecule has 4 rings (SSSR count). The van der Waals surface area contributed by atoms with Crippen LogP contribution in [0.1, 0.15) is 48.9 Å². The molecular weight excluding hydrogens is 468 g/mol. The Morgan fingerprint density at radius 2 is 1.50 bits per heavy atom. The number of carbonyl (C=O) groups excluding carboxylic acids is 2. The summed E-state index contributed by atoms with van der Waals surface area (Å²) >= 11 is 0. The number of aryl methyl sites for hydroxylation is 2. The van der Waals surface area contributed by atoms with Gasteiger partial charge in [0.15, 0.2) is 0 Å². The fourth-order valence-electron chi connectivity index (χ4n) is 4.78. The summed E-state index contributed by atoms with van der Waals surface area (Å²) in [4.78, 5) is 29.4. The van der Waals surface area contributed by atoms with Crippen LogP contribution >= 0.6 is 0 Å². The maximum absolute atomic E-state index is 14.0. The summed E-state index contributed by atoms with van der Waals surface area (Å²) < 4.78 is 0. The first kappa shape index (κ1) is 27.1. The topological polar surface area (TPSA) is 49.4 Å². The lowest BCUT2D eigenvalue weighted by atomic mass is 9.99. The number of amides is 2. The number of fused-ring (bicyclic) bond motifs is 1. The van der Waals surface area contributed by atoms with Gasteiger partial charge in [-0.1, -0.05) is 110 Å². The van der Waals surface area contributed by atoms with Crippen molar-refractivity contribution < 1.29 is 9.59 Å². The van der Waals surface area contributed by atoms with Crippen molar-refractivity contribution >= 4 is 22.6 Å². The van der Waals surface area contributed by atoms with Crippen LogP contribution in [0.2, 0.25) is 0 Å². The highest BCUT2D eigenvalue weighted by atomic mass is 16.2. The Bertz CT molecular complexity index is 1340. The van der Waals surface area contributed by atoms with Gasteiger partial charge in [0.25, 0.3) is 0 Å². The van der Waals surface area contributed by atoms with Crippen molar-refractivity contribution in [1.82, 2.24) is 10.2 Å². The first-order valence-electron chi connectivity index (χ1n) is 13.6. The number of carbonyl (C=O) groups is 2. The maximum Gasteiger partial charge on any atom is 0.243 e. The average Bonchev–Trinajstić information content (AvgIpc) is 2.95. The lowest BCUT2D eigenvalue weighted by Crippen LogP contribution is -2.52. The fourth-order valence-corrected chi connectivity index (χ4v) is 4.78. The molecular formula is C34H38N2O2. The van der Waals surface area contributed by atoms with Gasteiger partial charge in [0.2, 0.25) is 11.8 Å². The molecule has 4 aromatic rings. The number of benzene rings is 4. The van der Waals surface area contributed by atoms with Crippen molar-refractivity contribution in [2.24, 2.45) is 0 Å². The zero-order chi connectivity index (χ0) is 26.9. The Balaban J connectivity index is 1.64. The van der Waals surface area contributed by atoms with E-state index in [1.54, 1.807) is 4.90 Å². The summed E-state index contributed by atoms with van der Waals surface area (Å²) in [5, 5.41) is 5.49. The van der Waals surface area contributed by atoms with E-state index in [-0.39, 0.29) is 17.9 Å². The molecule has 0 aliphatic heterocycles. The Hall–Kier alpha value is -3.92. The van der Waals surface area contributed by atoms with Crippen LogP contribution in [0.3, 0.4) is 0 Å². The number of rotatable bonds is 11. The Kier molecular flexibility index (Phi) is 9.31. The fraction of sp³-hybridized carbons (Fsp3) is 0.294. The van der Waals surface area contributed by atoms with E-state index < -0.39 is 6.04 Å². The van der Waals surface area contributed by atoms with Gasteiger partial charge in [-0.2, -0.15) is 0 Å². The summed E-state index contributed by atoms with van der Waals surface area (Å²) in [7, 11) is 0. The van der Waals surface area contributed by atoms with Crippen LogP contribution < -0.4 is 5.32 Å². The van der Waals surface area contributed by atoms with Crippen molar-refractivity contribution in [3.8, 4) is 0 Å². The van der Waals surface area contributed by atoms with Crippen molar-refractivity contribution in [2.75, 3.05) is 0 Å². The maximum atomic E-state index is 14.0. The molecule has 0 bridgehead atoms. The van der Waals surface area contributed by atoms with Crippen molar-refractivity contribution in [3.05, 3.63) is 119 Å². The normalized spacial score (nSPS) is 12.6. The van der Waals surface area contributed by atoms with Crippen molar-refractivity contribution in [1.29, 1.82) is 0 Å².